The predicted octanol–water partition coefficient (Wildman–Crippen LogP) is 2.28. The molecule has 8 heteroatoms. The number of carbonyl (C=O) groups is 1. The molecule has 0 saturated heterocycles. The lowest BCUT2D eigenvalue weighted by Crippen LogP contribution is -2.08. The summed E-state index contributed by atoms with van der Waals surface area (Å²) in [5.41, 5.74) is 0.813. The lowest BCUT2D eigenvalue weighted by atomic mass is 10.2. The summed E-state index contributed by atoms with van der Waals surface area (Å²) < 4.78 is 11.6. The molecule has 0 radical (unpaired) electrons. The Kier molecular flexibility index (Phi) is 5.00. The Balaban J connectivity index is 2.08. The molecule has 0 bridgehead atoms. The van der Waals surface area contributed by atoms with Crippen LogP contribution in [0.2, 0.25) is 5.02 Å². The summed E-state index contributed by atoms with van der Waals surface area (Å²) in [6.07, 6.45) is 2.74. The Morgan fingerprint density at radius 1 is 1.32 bits per heavy atom. The fraction of sp³-hybridized carbons (Fsp3) is 0.214. The van der Waals surface area contributed by atoms with E-state index in [1.165, 1.54) is 24.2 Å². The van der Waals surface area contributed by atoms with Gasteiger partial charge in [0.15, 0.2) is 17.2 Å². The number of hydrogen-bond donors (Lipinski definition) is 0. The van der Waals surface area contributed by atoms with Crippen molar-refractivity contribution in [1.82, 2.24) is 9.78 Å². The number of hydrogen-bond acceptors (Lipinski definition) is 6. The molecule has 1 heterocycles. The number of aryl methyl sites for hydroxylation is 1. The van der Waals surface area contributed by atoms with Crippen LogP contribution in [-0.2, 0) is 11.9 Å². The molecule has 0 aliphatic heterocycles. The summed E-state index contributed by atoms with van der Waals surface area (Å²) in [6.45, 7) is 0. The fourth-order valence-electron chi connectivity index (χ4n) is 1.75. The highest BCUT2D eigenvalue weighted by atomic mass is 35.5. The van der Waals surface area contributed by atoms with Gasteiger partial charge in [0.25, 0.3) is 0 Å². The van der Waals surface area contributed by atoms with Crippen LogP contribution in [0.3, 0.4) is 0 Å². The van der Waals surface area contributed by atoms with Gasteiger partial charge in [-0.15, -0.1) is 0 Å². The van der Waals surface area contributed by atoms with Gasteiger partial charge < -0.3 is 14.3 Å². The molecule has 0 amide bonds. The lowest BCUT2D eigenvalue weighted by molar-refractivity contribution is 0.0506. The zero-order chi connectivity index (χ0) is 16.1. The first-order valence-corrected chi connectivity index (χ1v) is 6.59. The van der Waals surface area contributed by atoms with Gasteiger partial charge in [-0.25, -0.2) is 4.79 Å². The third kappa shape index (κ3) is 3.37. The van der Waals surface area contributed by atoms with Crippen LogP contribution in [0.5, 0.6) is 11.5 Å². The molecule has 22 heavy (non-hydrogen) atoms. The van der Waals surface area contributed by atoms with Crippen LogP contribution in [-0.4, -0.2) is 36.2 Å². The van der Waals surface area contributed by atoms with Crippen LogP contribution < -0.4 is 9.47 Å². The molecule has 0 aliphatic rings. The van der Waals surface area contributed by atoms with Gasteiger partial charge in [-0.1, -0.05) is 16.8 Å². The van der Waals surface area contributed by atoms with Crippen molar-refractivity contribution in [2.24, 2.45) is 12.2 Å². The minimum atomic E-state index is -0.693. The van der Waals surface area contributed by atoms with Crippen molar-refractivity contribution in [3.8, 4) is 11.5 Å². The van der Waals surface area contributed by atoms with Gasteiger partial charge >= 0.3 is 5.97 Å². The number of rotatable bonds is 5. The van der Waals surface area contributed by atoms with E-state index in [-0.39, 0.29) is 10.7 Å². The Morgan fingerprint density at radius 2 is 2.05 bits per heavy atom. The first-order chi connectivity index (χ1) is 10.6. The van der Waals surface area contributed by atoms with Crippen molar-refractivity contribution in [1.29, 1.82) is 0 Å². The van der Waals surface area contributed by atoms with Crippen LogP contribution in [0, 0.1) is 0 Å². The molecule has 2 aromatic rings. The van der Waals surface area contributed by atoms with E-state index in [2.05, 4.69) is 10.3 Å². The van der Waals surface area contributed by atoms with Crippen LogP contribution in [0.1, 0.15) is 16.1 Å². The Bertz CT molecular complexity index is 693. The van der Waals surface area contributed by atoms with Crippen molar-refractivity contribution >= 4 is 23.8 Å². The highest BCUT2D eigenvalue weighted by Gasteiger charge is 2.17. The van der Waals surface area contributed by atoms with Crippen molar-refractivity contribution in [2.45, 2.75) is 0 Å². The highest BCUT2D eigenvalue weighted by molar-refractivity contribution is 6.33. The molecule has 0 aliphatic carbocycles. The van der Waals surface area contributed by atoms with Crippen LogP contribution >= 0.6 is 11.6 Å². The Hall–Kier alpha value is -2.54. The highest BCUT2D eigenvalue weighted by Crippen LogP contribution is 2.26. The van der Waals surface area contributed by atoms with Crippen molar-refractivity contribution < 1.29 is 19.1 Å². The first kappa shape index (κ1) is 15.8. The summed E-state index contributed by atoms with van der Waals surface area (Å²) >= 11 is 5.84. The summed E-state index contributed by atoms with van der Waals surface area (Å²) in [6, 6.07) is 5.17. The van der Waals surface area contributed by atoms with E-state index in [1.807, 2.05) is 0 Å². The van der Waals surface area contributed by atoms with Gasteiger partial charge in [-0.2, -0.15) is 5.10 Å². The molecular formula is C14H14ClN3O4. The number of oxime groups is 1. The second-order valence-corrected chi connectivity index (χ2v) is 4.60. The number of benzene rings is 1. The van der Waals surface area contributed by atoms with E-state index in [9.17, 15) is 4.79 Å². The van der Waals surface area contributed by atoms with E-state index in [0.717, 1.165) is 0 Å². The second kappa shape index (κ2) is 6.95. The Morgan fingerprint density at radius 3 is 2.64 bits per heavy atom. The van der Waals surface area contributed by atoms with E-state index in [0.29, 0.717) is 17.1 Å². The lowest BCUT2D eigenvalue weighted by Gasteiger charge is -2.07. The van der Waals surface area contributed by atoms with Gasteiger partial charge in [0.2, 0.25) is 0 Å². The molecule has 0 unspecified atom stereocenters. The van der Waals surface area contributed by atoms with Crippen LogP contribution in [0.25, 0.3) is 0 Å². The quantitative estimate of drug-likeness (QED) is 0.479. The number of aromatic nitrogens is 2. The zero-order valence-corrected chi connectivity index (χ0v) is 13.0. The monoisotopic (exact) mass is 323 g/mol. The van der Waals surface area contributed by atoms with Gasteiger partial charge in [0.05, 0.1) is 31.7 Å². The number of methoxy groups -OCH3 is 2. The molecule has 116 valence electrons. The van der Waals surface area contributed by atoms with Crippen LogP contribution in [0.4, 0.5) is 0 Å². The SMILES string of the molecule is COc1ccc(C=NOC(=O)c2c(Cl)cnn2C)cc1OC. The van der Waals surface area contributed by atoms with E-state index in [1.54, 1.807) is 32.4 Å². The van der Waals surface area contributed by atoms with E-state index >= 15 is 0 Å². The Labute approximate surface area is 132 Å². The average Bonchev–Trinajstić information content (AvgIpc) is 2.86. The van der Waals surface area contributed by atoms with Gasteiger partial charge in [0.1, 0.15) is 0 Å². The van der Waals surface area contributed by atoms with Gasteiger partial charge in [0, 0.05) is 12.6 Å². The number of carbonyl (C=O) groups excluding carboxylic acids is 1. The van der Waals surface area contributed by atoms with Crippen LogP contribution in [0.15, 0.2) is 29.6 Å². The number of nitrogens with zero attached hydrogens (tertiary/aromatic N) is 3. The normalized spacial score (nSPS) is 10.7. The maximum atomic E-state index is 11.8. The van der Waals surface area contributed by atoms with Crippen molar-refractivity contribution in [3.63, 3.8) is 0 Å². The zero-order valence-electron chi connectivity index (χ0n) is 12.2. The van der Waals surface area contributed by atoms with Gasteiger partial charge in [-0.05, 0) is 18.2 Å². The maximum Gasteiger partial charge on any atom is 0.385 e. The first-order valence-electron chi connectivity index (χ1n) is 6.21. The molecule has 2 rings (SSSR count). The van der Waals surface area contributed by atoms with E-state index < -0.39 is 5.97 Å². The smallest absolute Gasteiger partial charge is 0.385 e. The van der Waals surface area contributed by atoms with E-state index in [4.69, 9.17) is 25.9 Å². The third-order valence-corrected chi connectivity index (χ3v) is 3.11. The molecule has 0 N–H and O–H groups in total. The molecule has 1 aromatic heterocycles. The summed E-state index contributed by atoms with van der Waals surface area (Å²) in [5, 5.41) is 7.69. The maximum absolute atomic E-state index is 11.8. The summed E-state index contributed by atoms with van der Waals surface area (Å²) in [5.74, 6) is 0.451. The summed E-state index contributed by atoms with van der Waals surface area (Å²) in [4.78, 5) is 16.6. The largest absolute Gasteiger partial charge is 0.493 e. The fourth-order valence-corrected chi connectivity index (χ4v) is 1.99. The molecule has 1 aromatic carbocycles. The topological polar surface area (TPSA) is 74.9 Å². The molecule has 0 spiro atoms. The standard InChI is InChI=1S/C14H14ClN3O4/c1-18-13(10(15)8-16-18)14(19)22-17-7-9-4-5-11(20-2)12(6-9)21-3/h4-8H,1-3H3. The molecule has 0 atom stereocenters. The second-order valence-electron chi connectivity index (χ2n) is 4.19. The predicted molar refractivity (Wildman–Crippen MR) is 80.8 cm³/mol. The number of halogens is 1. The molecule has 0 saturated carbocycles. The molecule has 0 fully saturated rings. The van der Waals surface area contributed by atoms with Crippen molar-refractivity contribution in [3.05, 3.63) is 40.7 Å². The number of ether oxygens (including phenoxy) is 2. The summed E-state index contributed by atoms with van der Waals surface area (Å²) in [7, 11) is 4.66. The van der Waals surface area contributed by atoms with Crippen molar-refractivity contribution in [2.75, 3.05) is 14.2 Å². The minimum Gasteiger partial charge on any atom is -0.493 e. The molecular weight excluding hydrogens is 310 g/mol. The van der Waals surface area contributed by atoms with Gasteiger partial charge in [-0.3, -0.25) is 4.68 Å². The third-order valence-electron chi connectivity index (χ3n) is 2.83. The minimum absolute atomic E-state index is 0.131. The molecule has 7 nitrogen and oxygen atoms in total. The average molecular weight is 324 g/mol.